The largest absolute Gasteiger partial charge is 0.367 e. The van der Waals surface area contributed by atoms with Gasteiger partial charge >= 0.3 is 0 Å². The number of fused-ring (bicyclic) bond motifs is 1. The Labute approximate surface area is 96.1 Å². The molecule has 0 saturated carbocycles. The van der Waals surface area contributed by atoms with Crippen LogP contribution < -0.4 is 5.73 Å². The number of nitrogens with one attached hydrogen (secondary N) is 1. The smallest absolute Gasteiger partial charge is 0.254 e. The van der Waals surface area contributed by atoms with Crippen LogP contribution in [0.2, 0.25) is 0 Å². The molecule has 0 spiro atoms. The van der Waals surface area contributed by atoms with E-state index in [1.807, 2.05) is 6.07 Å². The van der Waals surface area contributed by atoms with Crippen molar-refractivity contribution in [2.45, 2.75) is 0 Å². The van der Waals surface area contributed by atoms with Crippen LogP contribution in [0.3, 0.4) is 0 Å². The van der Waals surface area contributed by atoms with Gasteiger partial charge in [0.1, 0.15) is 11.3 Å². The van der Waals surface area contributed by atoms with Crippen molar-refractivity contribution in [1.29, 1.82) is 0 Å². The number of carbonyl (C=O) groups is 1. The molecule has 0 aliphatic rings. The Morgan fingerprint density at radius 3 is 3.06 bits per heavy atom. The standard InChI is InChI=1S/C11H9N5O/c12-10(17)8-9(7-2-4-13-6-7)15-16-5-1-3-14-11(8)16/h1-6,13H,(H2,12,17). The lowest BCUT2D eigenvalue weighted by atomic mass is 10.1. The first kappa shape index (κ1) is 9.59. The van der Waals surface area contributed by atoms with E-state index in [0.717, 1.165) is 5.56 Å². The Bertz CT molecular complexity index is 683. The first-order chi connectivity index (χ1) is 8.27. The molecule has 3 heterocycles. The quantitative estimate of drug-likeness (QED) is 0.679. The number of rotatable bonds is 2. The van der Waals surface area contributed by atoms with Crippen molar-refractivity contribution >= 4 is 11.6 Å². The fourth-order valence-electron chi connectivity index (χ4n) is 1.79. The van der Waals surface area contributed by atoms with E-state index in [1.54, 1.807) is 35.4 Å². The molecule has 0 aromatic carbocycles. The molecule has 0 atom stereocenters. The maximum absolute atomic E-state index is 11.5. The Morgan fingerprint density at radius 2 is 2.35 bits per heavy atom. The summed E-state index contributed by atoms with van der Waals surface area (Å²) >= 11 is 0. The van der Waals surface area contributed by atoms with Crippen LogP contribution in [-0.4, -0.2) is 25.5 Å². The third-order valence-corrected chi connectivity index (χ3v) is 2.51. The molecule has 17 heavy (non-hydrogen) atoms. The molecule has 3 aromatic rings. The molecule has 0 unspecified atom stereocenters. The predicted molar refractivity (Wildman–Crippen MR) is 61.3 cm³/mol. The van der Waals surface area contributed by atoms with Crippen LogP contribution in [0.5, 0.6) is 0 Å². The van der Waals surface area contributed by atoms with Crippen molar-refractivity contribution in [3.8, 4) is 11.3 Å². The fourth-order valence-corrected chi connectivity index (χ4v) is 1.79. The summed E-state index contributed by atoms with van der Waals surface area (Å²) in [5.41, 5.74) is 7.54. The number of carbonyl (C=O) groups excluding carboxylic acids is 1. The summed E-state index contributed by atoms with van der Waals surface area (Å²) in [6.45, 7) is 0. The van der Waals surface area contributed by atoms with E-state index in [0.29, 0.717) is 16.9 Å². The third-order valence-electron chi connectivity index (χ3n) is 2.51. The van der Waals surface area contributed by atoms with Gasteiger partial charge in [-0.1, -0.05) is 0 Å². The third kappa shape index (κ3) is 1.38. The highest BCUT2D eigenvalue weighted by Crippen LogP contribution is 2.24. The molecule has 0 bridgehead atoms. The second-order valence-corrected chi connectivity index (χ2v) is 3.58. The number of primary amides is 1. The van der Waals surface area contributed by atoms with Crippen LogP contribution in [0, 0.1) is 0 Å². The van der Waals surface area contributed by atoms with E-state index in [2.05, 4.69) is 15.1 Å². The summed E-state index contributed by atoms with van der Waals surface area (Å²) in [7, 11) is 0. The number of hydrogen-bond acceptors (Lipinski definition) is 3. The normalized spacial score (nSPS) is 10.8. The van der Waals surface area contributed by atoms with Gasteiger partial charge in [0.05, 0.1) is 0 Å². The zero-order chi connectivity index (χ0) is 11.8. The molecule has 6 nitrogen and oxygen atoms in total. The maximum atomic E-state index is 11.5. The van der Waals surface area contributed by atoms with Crippen LogP contribution in [0.25, 0.3) is 16.9 Å². The second kappa shape index (κ2) is 3.44. The number of amides is 1. The SMILES string of the molecule is NC(=O)c1c(-c2cc[nH]c2)nn2cccnc12. The van der Waals surface area contributed by atoms with E-state index >= 15 is 0 Å². The topological polar surface area (TPSA) is 89.1 Å². The zero-order valence-corrected chi connectivity index (χ0v) is 8.79. The van der Waals surface area contributed by atoms with Gasteiger partial charge in [0, 0.05) is 30.4 Å². The van der Waals surface area contributed by atoms with Crippen molar-refractivity contribution in [1.82, 2.24) is 19.6 Å². The lowest BCUT2D eigenvalue weighted by molar-refractivity contribution is 0.100. The average molecular weight is 227 g/mol. The Balaban J connectivity index is 2.38. The molecular weight excluding hydrogens is 218 g/mol. The first-order valence-electron chi connectivity index (χ1n) is 5.03. The van der Waals surface area contributed by atoms with Gasteiger partial charge in [-0.05, 0) is 12.1 Å². The minimum absolute atomic E-state index is 0.338. The summed E-state index contributed by atoms with van der Waals surface area (Å²) in [6, 6.07) is 3.57. The van der Waals surface area contributed by atoms with Crippen molar-refractivity contribution in [2.24, 2.45) is 5.73 Å². The van der Waals surface area contributed by atoms with Crippen molar-refractivity contribution < 1.29 is 4.79 Å². The molecule has 3 aromatic heterocycles. The van der Waals surface area contributed by atoms with Gasteiger partial charge in [0.15, 0.2) is 5.65 Å². The summed E-state index contributed by atoms with van der Waals surface area (Å²) in [6.07, 6.45) is 6.85. The molecule has 6 heteroatoms. The van der Waals surface area contributed by atoms with E-state index in [4.69, 9.17) is 5.73 Å². The minimum Gasteiger partial charge on any atom is -0.367 e. The van der Waals surface area contributed by atoms with E-state index in [9.17, 15) is 4.79 Å². The first-order valence-corrected chi connectivity index (χ1v) is 5.03. The summed E-state index contributed by atoms with van der Waals surface area (Å²) in [5, 5.41) is 4.31. The molecule has 0 aliphatic heterocycles. The number of H-pyrrole nitrogens is 1. The average Bonchev–Trinajstić information content (AvgIpc) is 2.95. The zero-order valence-electron chi connectivity index (χ0n) is 8.79. The molecule has 0 aliphatic carbocycles. The van der Waals surface area contributed by atoms with Gasteiger partial charge in [-0.3, -0.25) is 4.79 Å². The monoisotopic (exact) mass is 227 g/mol. The molecule has 0 saturated heterocycles. The maximum Gasteiger partial charge on any atom is 0.254 e. The highest BCUT2D eigenvalue weighted by Gasteiger charge is 2.19. The molecule has 0 radical (unpaired) electrons. The highest BCUT2D eigenvalue weighted by atomic mass is 16.1. The van der Waals surface area contributed by atoms with Gasteiger partial charge < -0.3 is 10.7 Å². The molecule has 3 rings (SSSR count). The van der Waals surface area contributed by atoms with Crippen LogP contribution >= 0.6 is 0 Å². The lowest BCUT2D eigenvalue weighted by Crippen LogP contribution is -2.12. The van der Waals surface area contributed by atoms with Gasteiger partial charge in [0.25, 0.3) is 5.91 Å². The summed E-state index contributed by atoms with van der Waals surface area (Å²) in [5.74, 6) is -0.532. The van der Waals surface area contributed by atoms with Crippen molar-refractivity contribution in [3.05, 3.63) is 42.5 Å². The molecule has 84 valence electrons. The van der Waals surface area contributed by atoms with Gasteiger partial charge in [-0.15, -0.1) is 0 Å². The summed E-state index contributed by atoms with van der Waals surface area (Å²) in [4.78, 5) is 18.6. The molecule has 3 N–H and O–H groups in total. The summed E-state index contributed by atoms with van der Waals surface area (Å²) < 4.78 is 1.54. The predicted octanol–water partition coefficient (Wildman–Crippen LogP) is 0.823. The number of nitrogens with zero attached hydrogens (tertiary/aromatic N) is 3. The van der Waals surface area contributed by atoms with Gasteiger partial charge in [-0.2, -0.15) is 5.10 Å². The van der Waals surface area contributed by atoms with Gasteiger partial charge in [-0.25, -0.2) is 9.50 Å². The fraction of sp³-hybridized carbons (Fsp3) is 0. The van der Waals surface area contributed by atoms with Crippen molar-refractivity contribution in [3.63, 3.8) is 0 Å². The minimum atomic E-state index is -0.532. The second-order valence-electron chi connectivity index (χ2n) is 3.58. The van der Waals surface area contributed by atoms with Crippen LogP contribution in [0.1, 0.15) is 10.4 Å². The molecule has 0 fully saturated rings. The van der Waals surface area contributed by atoms with Gasteiger partial charge in [0.2, 0.25) is 0 Å². The highest BCUT2D eigenvalue weighted by molar-refractivity contribution is 6.04. The van der Waals surface area contributed by atoms with E-state index < -0.39 is 5.91 Å². The van der Waals surface area contributed by atoms with Crippen LogP contribution in [-0.2, 0) is 0 Å². The van der Waals surface area contributed by atoms with Crippen LogP contribution in [0.4, 0.5) is 0 Å². The van der Waals surface area contributed by atoms with Crippen molar-refractivity contribution in [2.75, 3.05) is 0 Å². The number of nitrogens with two attached hydrogens (primary N) is 1. The number of aromatic nitrogens is 4. The lowest BCUT2D eigenvalue weighted by Gasteiger charge is -1.94. The van der Waals surface area contributed by atoms with E-state index in [-0.39, 0.29) is 0 Å². The van der Waals surface area contributed by atoms with E-state index in [1.165, 1.54) is 0 Å². The van der Waals surface area contributed by atoms with Crippen LogP contribution in [0.15, 0.2) is 36.9 Å². The number of hydrogen-bond donors (Lipinski definition) is 2. The Kier molecular flexibility index (Phi) is 1.94. The molecule has 1 amide bonds. The Hall–Kier alpha value is -2.63. The molecular formula is C11H9N5O. The number of aromatic amines is 1. The Morgan fingerprint density at radius 1 is 1.47 bits per heavy atom.